The molecule has 0 bridgehead atoms. The van der Waals surface area contributed by atoms with Gasteiger partial charge >= 0.3 is 12.7 Å². The van der Waals surface area contributed by atoms with Crippen molar-refractivity contribution in [1.29, 1.82) is 0 Å². The number of ether oxygens (including phenoxy) is 2. The van der Waals surface area contributed by atoms with E-state index in [1.807, 2.05) is 0 Å². The molecule has 8 heteroatoms. The number of alkyl halides is 2. The molecule has 0 radical (unpaired) electrons. The average molecular weight is 342 g/mol. The summed E-state index contributed by atoms with van der Waals surface area (Å²) in [6.07, 6.45) is 1.03. The Kier molecular flexibility index (Phi) is 6.34. The minimum absolute atomic E-state index is 0.00190. The molecule has 1 atom stereocenters. The van der Waals surface area contributed by atoms with Gasteiger partial charge in [0.2, 0.25) is 0 Å². The molecule has 1 aromatic carbocycles. The van der Waals surface area contributed by atoms with E-state index in [0.29, 0.717) is 18.7 Å². The summed E-state index contributed by atoms with van der Waals surface area (Å²) in [5.74, 6) is -0.212. The Morgan fingerprint density at radius 2 is 2.04 bits per heavy atom. The standard InChI is InChI=1S/C16H20F2N2O4/c1-2-23-16(22)19-12-4-3-9-20(10-12)14(21)11-5-7-13(8-6-11)24-15(17)18/h5-8,12,15H,2-4,9-10H2,1H3,(H,19,22). The van der Waals surface area contributed by atoms with Crippen LogP contribution in [0, 0.1) is 0 Å². The second kappa shape index (κ2) is 8.47. The number of hydrogen-bond donors (Lipinski definition) is 1. The summed E-state index contributed by atoms with van der Waals surface area (Å²) < 4.78 is 33.4. The molecule has 1 aromatic rings. The van der Waals surface area contributed by atoms with E-state index in [-0.39, 0.29) is 24.3 Å². The van der Waals surface area contributed by atoms with Gasteiger partial charge in [-0.2, -0.15) is 8.78 Å². The number of carbonyl (C=O) groups excluding carboxylic acids is 2. The van der Waals surface area contributed by atoms with Gasteiger partial charge in [0.15, 0.2) is 0 Å². The Labute approximate surface area is 138 Å². The molecule has 1 unspecified atom stereocenters. The van der Waals surface area contributed by atoms with Crippen molar-refractivity contribution in [2.75, 3.05) is 19.7 Å². The largest absolute Gasteiger partial charge is 0.450 e. The summed E-state index contributed by atoms with van der Waals surface area (Å²) >= 11 is 0. The minimum atomic E-state index is -2.90. The van der Waals surface area contributed by atoms with E-state index in [9.17, 15) is 18.4 Å². The predicted molar refractivity (Wildman–Crippen MR) is 82.2 cm³/mol. The highest BCUT2D eigenvalue weighted by Gasteiger charge is 2.25. The molecule has 0 aliphatic carbocycles. The van der Waals surface area contributed by atoms with Gasteiger partial charge in [0.25, 0.3) is 5.91 Å². The number of likely N-dealkylation sites (tertiary alicyclic amines) is 1. The first-order valence-corrected chi connectivity index (χ1v) is 7.77. The molecule has 2 amide bonds. The average Bonchev–Trinajstić information content (AvgIpc) is 2.55. The van der Waals surface area contributed by atoms with Crippen LogP contribution in [0.1, 0.15) is 30.1 Å². The maximum Gasteiger partial charge on any atom is 0.407 e. The fraction of sp³-hybridized carbons (Fsp3) is 0.500. The summed E-state index contributed by atoms with van der Waals surface area (Å²) in [7, 11) is 0. The number of alkyl carbamates (subject to hydrolysis) is 1. The SMILES string of the molecule is CCOC(=O)NC1CCCN(C(=O)c2ccc(OC(F)F)cc2)C1. The highest BCUT2D eigenvalue weighted by atomic mass is 19.3. The lowest BCUT2D eigenvalue weighted by molar-refractivity contribution is -0.0498. The number of benzene rings is 1. The van der Waals surface area contributed by atoms with Crippen LogP contribution in [-0.2, 0) is 4.74 Å². The number of amides is 2. The topological polar surface area (TPSA) is 67.9 Å². The van der Waals surface area contributed by atoms with E-state index in [1.54, 1.807) is 11.8 Å². The Morgan fingerprint density at radius 1 is 1.33 bits per heavy atom. The van der Waals surface area contributed by atoms with Gasteiger partial charge in [-0.1, -0.05) is 0 Å². The quantitative estimate of drug-likeness (QED) is 0.893. The van der Waals surface area contributed by atoms with Gasteiger partial charge in [-0.25, -0.2) is 4.79 Å². The van der Waals surface area contributed by atoms with E-state index in [2.05, 4.69) is 10.1 Å². The molecule has 1 aliphatic heterocycles. The van der Waals surface area contributed by atoms with E-state index in [4.69, 9.17) is 4.74 Å². The minimum Gasteiger partial charge on any atom is -0.450 e. The zero-order valence-electron chi connectivity index (χ0n) is 13.3. The van der Waals surface area contributed by atoms with Crippen molar-refractivity contribution in [3.05, 3.63) is 29.8 Å². The highest BCUT2D eigenvalue weighted by Crippen LogP contribution is 2.18. The number of nitrogens with zero attached hydrogens (tertiary/aromatic N) is 1. The van der Waals surface area contributed by atoms with E-state index < -0.39 is 12.7 Å². The van der Waals surface area contributed by atoms with Gasteiger partial charge in [-0.15, -0.1) is 0 Å². The third-order valence-corrected chi connectivity index (χ3v) is 3.63. The predicted octanol–water partition coefficient (Wildman–Crippen LogP) is 2.64. The van der Waals surface area contributed by atoms with Crippen LogP contribution >= 0.6 is 0 Å². The van der Waals surface area contributed by atoms with Crippen LogP contribution in [0.2, 0.25) is 0 Å². The summed E-state index contributed by atoms with van der Waals surface area (Å²) in [4.78, 5) is 25.6. The lowest BCUT2D eigenvalue weighted by Gasteiger charge is -2.33. The first kappa shape index (κ1) is 18.0. The van der Waals surface area contributed by atoms with Gasteiger partial charge in [0.1, 0.15) is 5.75 Å². The lowest BCUT2D eigenvalue weighted by atomic mass is 10.0. The molecule has 6 nitrogen and oxygen atoms in total. The van der Waals surface area contributed by atoms with Crippen molar-refractivity contribution in [2.45, 2.75) is 32.4 Å². The third-order valence-electron chi connectivity index (χ3n) is 3.63. The summed E-state index contributed by atoms with van der Waals surface area (Å²) in [6, 6.07) is 5.39. The van der Waals surface area contributed by atoms with Gasteiger partial charge in [-0.05, 0) is 44.0 Å². The molecule has 1 N–H and O–H groups in total. The van der Waals surface area contributed by atoms with E-state index >= 15 is 0 Å². The van der Waals surface area contributed by atoms with Crippen LogP contribution < -0.4 is 10.1 Å². The summed E-state index contributed by atoms with van der Waals surface area (Å²) in [5.41, 5.74) is 0.383. The monoisotopic (exact) mass is 342 g/mol. The molecule has 1 fully saturated rings. The van der Waals surface area contributed by atoms with Crippen molar-refractivity contribution < 1.29 is 27.8 Å². The smallest absolute Gasteiger partial charge is 0.407 e. The molecule has 0 spiro atoms. The molecule has 1 aliphatic rings. The number of rotatable bonds is 5. The number of carbonyl (C=O) groups is 2. The molecular weight excluding hydrogens is 322 g/mol. The molecule has 132 valence electrons. The summed E-state index contributed by atoms with van der Waals surface area (Å²) in [6.45, 7) is 0.0666. The van der Waals surface area contributed by atoms with Crippen LogP contribution in [0.25, 0.3) is 0 Å². The Bertz CT molecular complexity index is 566. The first-order chi connectivity index (χ1) is 11.5. The van der Waals surface area contributed by atoms with Crippen LogP contribution in [0.5, 0.6) is 5.75 Å². The zero-order chi connectivity index (χ0) is 17.5. The van der Waals surface area contributed by atoms with Gasteiger partial charge in [-0.3, -0.25) is 4.79 Å². The van der Waals surface area contributed by atoms with Gasteiger partial charge < -0.3 is 19.7 Å². The molecule has 0 aromatic heterocycles. The highest BCUT2D eigenvalue weighted by molar-refractivity contribution is 5.94. The van der Waals surface area contributed by atoms with Crippen molar-refractivity contribution >= 4 is 12.0 Å². The summed E-state index contributed by atoms with van der Waals surface area (Å²) in [5, 5.41) is 2.73. The normalized spacial score (nSPS) is 17.5. The molecular formula is C16H20F2N2O4. The maximum atomic E-state index is 12.5. The molecule has 2 rings (SSSR count). The van der Waals surface area contributed by atoms with Gasteiger partial charge in [0.05, 0.1) is 6.61 Å². The third kappa shape index (κ3) is 5.07. The van der Waals surface area contributed by atoms with Crippen LogP contribution in [-0.4, -0.2) is 49.3 Å². The van der Waals surface area contributed by atoms with E-state index in [0.717, 1.165) is 12.8 Å². The van der Waals surface area contributed by atoms with Crippen molar-refractivity contribution in [2.24, 2.45) is 0 Å². The maximum absolute atomic E-state index is 12.5. The number of piperidine rings is 1. The van der Waals surface area contributed by atoms with E-state index in [1.165, 1.54) is 24.3 Å². The molecule has 24 heavy (non-hydrogen) atoms. The molecule has 1 heterocycles. The Morgan fingerprint density at radius 3 is 2.67 bits per heavy atom. The van der Waals surface area contributed by atoms with Crippen LogP contribution in [0.3, 0.4) is 0 Å². The van der Waals surface area contributed by atoms with Crippen LogP contribution in [0.15, 0.2) is 24.3 Å². The first-order valence-electron chi connectivity index (χ1n) is 7.77. The fourth-order valence-corrected chi connectivity index (χ4v) is 2.58. The van der Waals surface area contributed by atoms with Crippen molar-refractivity contribution in [1.82, 2.24) is 10.2 Å². The molecule has 1 saturated heterocycles. The number of hydrogen-bond acceptors (Lipinski definition) is 4. The Hall–Kier alpha value is -2.38. The zero-order valence-corrected chi connectivity index (χ0v) is 13.3. The number of halogens is 2. The van der Waals surface area contributed by atoms with Crippen molar-refractivity contribution in [3.8, 4) is 5.75 Å². The number of nitrogens with one attached hydrogen (secondary N) is 1. The Balaban J connectivity index is 1.94. The lowest BCUT2D eigenvalue weighted by Crippen LogP contribution is -2.49. The second-order valence-corrected chi connectivity index (χ2v) is 5.36. The van der Waals surface area contributed by atoms with Crippen LogP contribution in [0.4, 0.5) is 13.6 Å². The second-order valence-electron chi connectivity index (χ2n) is 5.36. The van der Waals surface area contributed by atoms with Crippen molar-refractivity contribution in [3.63, 3.8) is 0 Å². The molecule has 0 saturated carbocycles. The fourth-order valence-electron chi connectivity index (χ4n) is 2.58. The van der Waals surface area contributed by atoms with Gasteiger partial charge in [0, 0.05) is 24.7 Å².